The van der Waals surface area contributed by atoms with Crippen molar-refractivity contribution in [2.24, 2.45) is 0 Å². The molecule has 2 aromatic carbocycles. The van der Waals surface area contributed by atoms with Gasteiger partial charge in [0.05, 0.1) is 7.11 Å². The van der Waals surface area contributed by atoms with Crippen molar-refractivity contribution < 1.29 is 14.3 Å². The Kier molecular flexibility index (Phi) is 4.56. The van der Waals surface area contributed by atoms with E-state index in [4.69, 9.17) is 9.47 Å². The third-order valence-corrected chi connectivity index (χ3v) is 2.73. The molecule has 0 unspecified atom stereocenters. The molecule has 0 bridgehead atoms. The lowest BCUT2D eigenvalue weighted by Gasteiger charge is -2.14. The van der Waals surface area contributed by atoms with E-state index in [0.29, 0.717) is 11.5 Å². The van der Waals surface area contributed by atoms with Gasteiger partial charge in [0.1, 0.15) is 0 Å². The summed E-state index contributed by atoms with van der Waals surface area (Å²) in [6, 6.07) is 19.0. The molecule has 0 aliphatic carbocycles. The van der Waals surface area contributed by atoms with Crippen LogP contribution in [0, 0.1) is 0 Å². The number of esters is 1. The highest BCUT2D eigenvalue weighted by molar-refractivity contribution is 5.88. The lowest BCUT2D eigenvalue weighted by atomic mass is 10.1. The van der Waals surface area contributed by atoms with Crippen LogP contribution in [0.5, 0.6) is 0 Å². The van der Waals surface area contributed by atoms with Gasteiger partial charge in [-0.15, -0.1) is 0 Å². The molecule has 102 valence electrons. The van der Waals surface area contributed by atoms with Gasteiger partial charge in [0.25, 0.3) is 0 Å². The van der Waals surface area contributed by atoms with Gasteiger partial charge in [-0.3, -0.25) is 4.79 Å². The lowest BCUT2D eigenvalue weighted by molar-refractivity contribution is -0.134. The Bertz CT molecular complexity index is 601. The molecule has 0 radical (unpaired) electrons. The van der Waals surface area contributed by atoms with Gasteiger partial charge in [0, 0.05) is 18.1 Å². The molecular formula is C17H16O3. The molecule has 0 heterocycles. The van der Waals surface area contributed by atoms with Crippen LogP contribution >= 0.6 is 0 Å². The molecule has 0 fully saturated rings. The van der Waals surface area contributed by atoms with E-state index in [9.17, 15) is 4.79 Å². The maximum Gasteiger partial charge on any atom is 0.308 e. The molecule has 2 aromatic rings. The van der Waals surface area contributed by atoms with E-state index in [1.165, 1.54) is 6.92 Å². The molecule has 0 saturated carbocycles. The van der Waals surface area contributed by atoms with Gasteiger partial charge in [-0.05, 0) is 0 Å². The van der Waals surface area contributed by atoms with Crippen molar-refractivity contribution in [1.29, 1.82) is 0 Å². The van der Waals surface area contributed by atoms with Crippen LogP contribution in [-0.2, 0) is 14.3 Å². The van der Waals surface area contributed by atoms with Crippen molar-refractivity contribution in [3.8, 4) is 0 Å². The molecule has 3 heteroatoms. The van der Waals surface area contributed by atoms with E-state index in [0.717, 1.165) is 11.1 Å². The Balaban J connectivity index is 2.58. The lowest BCUT2D eigenvalue weighted by Crippen LogP contribution is -2.03. The highest BCUT2D eigenvalue weighted by atomic mass is 16.6. The quantitative estimate of drug-likeness (QED) is 0.481. The predicted molar refractivity (Wildman–Crippen MR) is 78.5 cm³/mol. The standard InChI is InChI=1S/C17H16O3/c1-13(18)20-17(15-11-7-4-8-12-15)16(19-2)14-9-5-3-6-10-14/h3-12H,1-2H3/b17-16-. The van der Waals surface area contributed by atoms with Gasteiger partial charge in [-0.2, -0.15) is 0 Å². The monoisotopic (exact) mass is 268 g/mol. The highest BCUT2D eigenvalue weighted by Gasteiger charge is 2.15. The van der Waals surface area contributed by atoms with Crippen LogP contribution in [0.1, 0.15) is 18.1 Å². The minimum atomic E-state index is -0.380. The van der Waals surface area contributed by atoms with Gasteiger partial charge >= 0.3 is 5.97 Å². The molecule has 0 atom stereocenters. The fourth-order valence-electron chi connectivity index (χ4n) is 1.90. The van der Waals surface area contributed by atoms with Gasteiger partial charge in [0.15, 0.2) is 11.5 Å². The van der Waals surface area contributed by atoms with Crippen LogP contribution in [0.25, 0.3) is 11.5 Å². The van der Waals surface area contributed by atoms with Crippen LogP contribution < -0.4 is 0 Å². The Morgan fingerprint density at radius 3 is 1.65 bits per heavy atom. The molecule has 0 aliphatic rings. The van der Waals surface area contributed by atoms with Crippen LogP contribution in [0.4, 0.5) is 0 Å². The number of carbonyl (C=O) groups is 1. The molecule has 0 N–H and O–H groups in total. The van der Waals surface area contributed by atoms with Gasteiger partial charge in [-0.25, -0.2) is 0 Å². The first-order chi connectivity index (χ1) is 9.72. The number of methoxy groups -OCH3 is 1. The zero-order valence-electron chi connectivity index (χ0n) is 11.5. The van der Waals surface area contributed by atoms with Crippen LogP contribution in [0.2, 0.25) is 0 Å². The van der Waals surface area contributed by atoms with Gasteiger partial charge < -0.3 is 9.47 Å². The number of hydrogen-bond donors (Lipinski definition) is 0. The molecule has 0 saturated heterocycles. The summed E-state index contributed by atoms with van der Waals surface area (Å²) in [6.07, 6.45) is 0. The fraction of sp³-hybridized carbons (Fsp3) is 0.118. The first-order valence-electron chi connectivity index (χ1n) is 6.30. The summed E-state index contributed by atoms with van der Waals surface area (Å²) in [5, 5.41) is 0. The summed E-state index contributed by atoms with van der Waals surface area (Å²) >= 11 is 0. The summed E-state index contributed by atoms with van der Waals surface area (Å²) in [4.78, 5) is 11.4. The van der Waals surface area contributed by atoms with E-state index in [1.807, 2.05) is 60.7 Å². The van der Waals surface area contributed by atoms with Crippen molar-refractivity contribution >= 4 is 17.5 Å². The normalized spacial score (nSPS) is 11.5. The van der Waals surface area contributed by atoms with E-state index in [1.54, 1.807) is 7.11 Å². The Morgan fingerprint density at radius 2 is 1.25 bits per heavy atom. The van der Waals surface area contributed by atoms with Crippen molar-refractivity contribution in [3.63, 3.8) is 0 Å². The van der Waals surface area contributed by atoms with Crippen LogP contribution in [-0.4, -0.2) is 13.1 Å². The smallest absolute Gasteiger partial charge is 0.308 e. The third kappa shape index (κ3) is 3.26. The molecule has 0 aliphatic heterocycles. The highest BCUT2D eigenvalue weighted by Crippen LogP contribution is 2.28. The average molecular weight is 268 g/mol. The number of ether oxygens (including phenoxy) is 2. The first-order valence-corrected chi connectivity index (χ1v) is 6.30. The van der Waals surface area contributed by atoms with E-state index < -0.39 is 0 Å². The maximum absolute atomic E-state index is 11.4. The van der Waals surface area contributed by atoms with Crippen LogP contribution in [0.15, 0.2) is 60.7 Å². The topological polar surface area (TPSA) is 35.5 Å². The average Bonchev–Trinajstić information content (AvgIpc) is 2.49. The van der Waals surface area contributed by atoms with E-state index >= 15 is 0 Å². The van der Waals surface area contributed by atoms with Crippen molar-refractivity contribution in [1.82, 2.24) is 0 Å². The molecular weight excluding hydrogens is 252 g/mol. The number of hydrogen-bond acceptors (Lipinski definition) is 3. The van der Waals surface area contributed by atoms with Crippen molar-refractivity contribution in [2.45, 2.75) is 6.92 Å². The number of rotatable bonds is 4. The molecule has 2 rings (SSSR count). The summed E-state index contributed by atoms with van der Waals surface area (Å²) < 4.78 is 10.8. The number of benzene rings is 2. The zero-order valence-corrected chi connectivity index (χ0v) is 11.5. The first kappa shape index (κ1) is 13.9. The molecule has 0 aromatic heterocycles. The maximum atomic E-state index is 11.4. The molecule has 20 heavy (non-hydrogen) atoms. The summed E-state index contributed by atoms with van der Waals surface area (Å²) in [5.41, 5.74) is 1.65. The SMILES string of the molecule is CO/C(=C(\OC(C)=O)c1ccccc1)c1ccccc1. The fourth-order valence-corrected chi connectivity index (χ4v) is 1.90. The van der Waals surface area contributed by atoms with Gasteiger partial charge in [0.2, 0.25) is 0 Å². The molecule has 3 nitrogen and oxygen atoms in total. The molecule has 0 amide bonds. The second-order valence-electron chi connectivity index (χ2n) is 4.19. The summed E-state index contributed by atoms with van der Waals surface area (Å²) in [7, 11) is 1.56. The summed E-state index contributed by atoms with van der Waals surface area (Å²) in [6.45, 7) is 1.38. The summed E-state index contributed by atoms with van der Waals surface area (Å²) in [5.74, 6) is 0.577. The second-order valence-corrected chi connectivity index (χ2v) is 4.19. The van der Waals surface area contributed by atoms with Crippen molar-refractivity contribution in [3.05, 3.63) is 71.8 Å². The van der Waals surface area contributed by atoms with Gasteiger partial charge in [-0.1, -0.05) is 60.7 Å². The predicted octanol–water partition coefficient (Wildman–Crippen LogP) is 3.72. The Labute approximate surface area is 118 Å². The largest absolute Gasteiger partial charge is 0.492 e. The van der Waals surface area contributed by atoms with Crippen LogP contribution in [0.3, 0.4) is 0 Å². The zero-order chi connectivity index (χ0) is 14.4. The van der Waals surface area contributed by atoms with E-state index in [2.05, 4.69) is 0 Å². The minimum absolute atomic E-state index is 0.380. The Hall–Kier alpha value is -2.55. The Morgan fingerprint density at radius 1 is 0.800 bits per heavy atom. The van der Waals surface area contributed by atoms with Crippen molar-refractivity contribution in [2.75, 3.05) is 7.11 Å². The third-order valence-electron chi connectivity index (χ3n) is 2.73. The number of carbonyl (C=O) groups excluding carboxylic acids is 1. The minimum Gasteiger partial charge on any atom is -0.492 e. The second kappa shape index (κ2) is 6.57. The molecule has 0 spiro atoms. The van der Waals surface area contributed by atoms with E-state index in [-0.39, 0.29) is 5.97 Å².